The molecule has 0 bridgehead atoms. The van der Waals surface area contributed by atoms with Crippen molar-refractivity contribution in [3.05, 3.63) is 35.9 Å². The first-order valence-corrected chi connectivity index (χ1v) is 14.1. The molecule has 1 aromatic rings. The van der Waals surface area contributed by atoms with Gasteiger partial charge in [-0.25, -0.2) is 9.59 Å². The minimum Gasteiger partial charge on any atom is -0.480 e. The highest BCUT2D eigenvalue weighted by Gasteiger charge is 2.42. The number of amides is 3. The summed E-state index contributed by atoms with van der Waals surface area (Å²) < 4.78 is 5.24. The van der Waals surface area contributed by atoms with Crippen molar-refractivity contribution in [1.29, 1.82) is 0 Å². The molecule has 5 N–H and O–H groups in total. The summed E-state index contributed by atoms with van der Waals surface area (Å²) in [7, 11) is 0. The van der Waals surface area contributed by atoms with Crippen molar-refractivity contribution < 1.29 is 33.8 Å². The number of esters is 1. The molecular weight excluding hydrogens is 516 g/mol. The average molecular weight is 561 g/mol. The SMILES string of the molecule is CC[C@H](C)[C@H](NC(=O)[C@](C)(CC)NC(=O)[C@@H](N)CCCCOC(=O)c1ccccc1)C(=O)N1CCC[C@@H]1C(=O)O. The van der Waals surface area contributed by atoms with E-state index in [1.54, 1.807) is 38.1 Å². The lowest BCUT2D eigenvalue weighted by molar-refractivity contribution is -0.150. The predicted molar refractivity (Wildman–Crippen MR) is 149 cm³/mol. The lowest BCUT2D eigenvalue weighted by Gasteiger charge is -2.35. The minimum atomic E-state index is -1.33. The van der Waals surface area contributed by atoms with Crippen LogP contribution >= 0.6 is 0 Å². The van der Waals surface area contributed by atoms with Crippen molar-refractivity contribution in [3.63, 3.8) is 0 Å². The Bertz CT molecular complexity index is 1030. The third kappa shape index (κ3) is 8.77. The molecule has 1 fully saturated rings. The molecule has 5 atom stereocenters. The van der Waals surface area contributed by atoms with E-state index in [4.69, 9.17) is 10.5 Å². The van der Waals surface area contributed by atoms with Gasteiger partial charge in [-0.1, -0.05) is 45.4 Å². The summed E-state index contributed by atoms with van der Waals surface area (Å²) in [5.74, 6) is -3.19. The highest BCUT2D eigenvalue weighted by molar-refractivity contribution is 5.96. The summed E-state index contributed by atoms with van der Waals surface area (Å²) in [6.45, 7) is 7.54. The third-order valence-corrected chi connectivity index (χ3v) is 7.68. The minimum absolute atomic E-state index is 0.196. The second-order valence-electron chi connectivity index (χ2n) is 10.6. The molecule has 3 amide bonds. The van der Waals surface area contributed by atoms with Crippen LogP contribution in [0.1, 0.15) is 83.0 Å². The van der Waals surface area contributed by atoms with Crippen molar-refractivity contribution >= 4 is 29.7 Å². The van der Waals surface area contributed by atoms with Crippen molar-refractivity contribution in [3.8, 4) is 0 Å². The number of ether oxygens (including phenoxy) is 1. The van der Waals surface area contributed by atoms with E-state index in [-0.39, 0.29) is 18.9 Å². The van der Waals surface area contributed by atoms with Gasteiger partial charge in [0.05, 0.1) is 18.2 Å². The molecule has 1 aliphatic rings. The van der Waals surface area contributed by atoms with Gasteiger partial charge >= 0.3 is 11.9 Å². The number of aliphatic carboxylic acids is 1. The first kappa shape index (κ1) is 32.7. The number of rotatable bonds is 15. The van der Waals surface area contributed by atoms with Crippen LogP contribution in [0.3, 0.4) is 0 Å². The Morgan fingerprint density at radius 1 is 1.15 bits per heavy atom. The fraction of sp³-hybridized carbons (Fsp3) is 0.621. The Labute approximate surface area is 236 Å². The molecule has 1 aromatic carbocycles. The van der Waals surface area contributed by atoms with Gasteiger partial charge in [-0.2, -0.15) is 0 Å². The Balaban J connectivity index is 1.92. The second kappa shape index (κ2) is 15.4. The van der Waals surface area contributed by atoms with Crippen LogP contribution in [-0.4, -0.2) is 76.5 Å². The van der Waals surface area contributed by atoms with E-state index < -0.39 is 53.3 Å². The Morgan fingerprint density at radius 3 is 2.42 bits per heavy atom. The van der Waals surface area contributed by atoms with E-state index in [9.17, 15) is 29.1 Å². The number of unbranched alkanes of at least 4 members (excludes halogenated alkanes) is 1. The smallest absolute Gasteiger partial charge is 0.338 e. The summed E-state index contributed by atoms with van der Waals surface area (Å²) in [5, 5.41) is 15.0. The van der Waals surface area contributed by atoms with E-state index in [0.29, 0.717) is 50.6 Å². The van der Waals surface area contributed by atoms with Crippen LogP contribution in [-0.2, 0) is 23.9 Å². The van der Waals surface area contributed by atoms with Crippen LogP contribution in [0.15, 0.2) is 30.3 Å². The normalized spacial score (nSPS) is 18.6. The van der Waals surface area contributed by atoms with Crippen molar-refractivity contribution in [2.24, 2.45) is 11.7 Å². The van der Waals surface area contributed by atoms with Crippen LogP contribution in [0, 0.1) is 5.92 Å². The van der Waals surface area contributed by atoms with Crippen LogP contribution in [0.4, 0.5) is 0 Å². The summed E-state index contributed by atoms with van der Waals surface area (Å²) in [6, 6.07) is 5.95. The summed E-state index contributed by atoms with van der Waals surface area (Å²) in [6.07, 6.45) is 3.18. The number of carbonyl (C=O) groups is 5. The maximum absolute atomic E-state index is 13.4. The molecule has 40 heavy (non-hydrogen) atoms. The van der Waals surface area contributed by atoms with Crippen LogP contribution in [0.5, 0.6) is 0 Å². The van der Waals surface area contributed by atoms with E-state index in [0.717, 1.165) is 0 Å². The highest BCUT2D eigenvalue weighted by Crippen LogP contribution is 2.22. The van der Waals surface area contributed by atoms with E-state index in [1.165, 1.54) is 4.90 Å². The number of carboxylic acids is 1. The zero-order chi connectivity index (χ0) is 29.9. The highest BCUT2D eigenvalue weighted by atomic mass is 16.5. The van der Waals surface area contributed by atoms with Gasteiger partial charge in [0.1, 0.15) is 17.6 Å². The lowest BCUT2D eigenvalue weighted by atomic mass is 9.92. The number of nitrogens with two attached hydrogens (primary N) is 1. The molecule has 0 unspecified atom stereocenters. The number of likely N-dealkylation sites (tertiary alicyclic amines) is 1. The van der Waals surface area contributed by atoms with Crippen LogP contribution in [0.25, 0.3) is 0 Å². The number of nitrogens with one attached hydrogen (secondary N) is 2. The van der Waals surface area contributed by atoms with Gasteiger partial charge < -0.3 is 31.1 Å². The van der Waals surface area contributed by atoms with Gasteiger partial charge in [-0.15, -0.1) is 0 Å². The van der Waals surface area contributed by atoms with Crippen molar-refractivity contribution in [1.82, 2.24) is 15.5 Å². The number of benzene rings is 1. The van der Waals surface area contributed by atoms with E-state index in [2.05, 4.69) is 10.6 Å². The molecule has 11 heteroatoms. The summed E-state index contributed by atoms with van der Waals surface area (Å²) in [5.41, 5.74) is 5.23. The van der Waals surface area contributed by atoms with E-state index >= 15 is 0 Å². The third-order valence-electron chi connectivity index (χ3n) is 7.68. The molecule has 1 saturated heterocycles. The number of carboxylic acid groups (broad SMARTS) is 1. The zero-order valence-corrected chi connectivity index (χ0v) is 24.0. The molecule has 2 rings (SSSR count). The molecule has 11 nitrogen and oxygen atoms in total. The average Bonchev–Trinajstić information content (AvgIpc) is 3.45. The fourth-order valence-corrected chi connectivity index (χ4v) is 4.54. The first-order valence-electron chi connectivity index (χ1n) is 14.1. The van der Waals surface area contributed by atoms with Crippen LogP contribution in [0.2, 0.25) is 0 Å². The summed E-state index contributed by atoms with van der Waals surface area (Å²) in [4.78, 5) is 64.6. The van der Waals surface area contributed by atoms with Crippen molar-refractivity contribution in [2.45, 2.75) is 96.3 Å². The van der Waals surface area contributed by atoms with Gasteiger partial charge in [0.25, 0.3) is 0 Å². The van der Waals surface area contributed by atoms with Gasteiger partial charge in [0.2, 0.25) is 17.7 Å². The van der Waals surface area contributed by atoms with Gasteiger partial charge in [0, 0.05) is 6.54 Å². The number of carbonyl (C=O) groups excluding carboxylic acids is 4. The molecule has 0 radical (unpaired) electrons. The molecule has 1 aliphatic heterocycles. The quantitative estimate of drug-likeness (QED) is 0.187. The van der Waals surface area contributed by atoms with Gasteiger partial charge in [0.15, 0.2) is 0 Å². The number of nitrogens with zero attached hydrogens (tertiary/aromatic N) is 1. The molecular formula is C29H44N4O7. The Hall–Kier alpha value is -3.47. The summed E-state index contributed by atoms with van der Waals surface area (Å²) >= 11 is 0. The topological polar surface area (TPSA) is 168 Å². The molecule has 1 heterocycles. The second-order valence-corrected chi connectivity index (χ2v) is 10.6. The number of hydrogen-bond donors (Lipinski definition) is 4. The maximum atomic E-state index is 13.4. The molecule has 0 saturated carbocycles. The Morgan fingerprint density at radius 2 is 1.82 bits per heavy atom. The predicted octanol–water partition coefficient (Wildman–Crippen LogP) is 2.23. The monoisotopic (exact) mass is 560 g/mol. The van der Waals surface area contributed by atoms with Crippen LogP contribution < -0.4 is 16.4 Å². The molecule has 0 spiro atoms. The molecule has 222 valence electrons. The van der Waals surface area contributed by atoms with Gasteiger partial charge in [-0.3, -0.25) is 14.4 Å². The van der Waals surface area contributed by atoms with E-state index in [1.807, 2.05) is 19.9 Å². The number of hydrogen-bond acceptors (Lipinski definition) is 7. The standard InChI is InChI=1S/C29H44N4O7/c1-5-19(3)23(25(35)33-17-12-16-22(33)26(36)37)31-28(39)29(4,6-2)32-24(34)21(30)15-10-11-18-40-27(38)20-13-8-7-9-14-20/h7-9,13-14,19,21-23H,5-6,10-12,15-18,30H2,1-4H3,(H,31,39)(H,32,34)(H,36,37)/t19-,21-,22+,23-,29-/m0/s1. The Kier molecular flexibility index (Phi) is 12.6. The van der Waals surface area contributed by atoms with Crippen molar-refractivity contribution in [2.75, 3.05) is 13.2 Å². The first-order chi connectivity index (χ1) is 18.9. The largest absolute Gasteiger partial charge is 0.480 e. The molecule has 0 aromatic heterocycles. The fourth-order valence-electron chi connectivity index (χ4n) is 4.54. The molecule has 0 aliphatic carbocycles. The zero-order valence-electron chi connectivity index (χ0n) is 24.0. The lowest BCUT2D eigenvalue weighted by Crippen LogP contribution is -2.63. The maximum Gasteiger partial charge on any atom is 0.338 e. The van der Waals surface area contributed by atoms with Gasteiger partial charge in [-0.05, 0) is 63.5 Å².